The van der Waals surface area contributed by atoms with E-state index in [0.717, 1.165) is 16.8 Å². The molecule has 0 amide bonds. The maximum Gasteiger partial charge on any atom is 0.266 e. The van der Waals surface area contributed by atoms with Gasteiger partial charge in [-0.3, -0.25) is 4.79 Å². The summed E-state index contributed by atoms with van der Waals surface area (Å²) in [7, 11) is 3.18. The fraction of sp³-hybridized carbons (Fsp3) is 0.211. The second kappa shape index (κ2) is 6.08. The highest BCUT2D eigenvalue weighted by Gasteiger charge is 2.27. The number of ether oxygens (including phenoxy) is 2. The van der Waals surface area contributed by atoms with E-state index in [0.29, 0.717) is 41.4 Å². The zero-order valence-electron chi connectivity index (χ0n) is 14.3. The van der Waals surface area contributed by atoms with Crippen molar-refractivity contribution in [2.75, 3.05) is 14.2 Å². The minimum Gasteiger partial charge on any atom is -0.497 e. The summed E-state index contributed by atoms with van der Waals surface area (Å²) in [5, 5.41) is 13.4. The second-order valence-electron chi connectivity index (χ2n) is 5.92. The normalized spacial score (nSPS) is 12.0. The van der Waals surface area contributed by atoms with Crippen LogP contribution in [0.25, 0.3) is 22.6 Å². The van der Waals surface area contributed by atoms with Crippen molar-refractivity contribution in [3.8, 4) is 40.1 Å². The zero-order valence-corrected chi connectivity index (χ0v) is 14.3. The summed E-state index contributed by atoms with van der Waals surface area (Å²) in [5.41, 5.74) is 3.54. The predicted molar refractivity (Wildman–Crippen MR) is 93.2 cm³/mol. The Morgan fingerprint density at radius 3 is 2.77 bits per heavy atom. The number of rotatable bonds is 3. The van der Waals surface area contributed by atoms with E-state index in [1.165, 1.54) is 0 Å². The number of H-pyrrole nitrogens is 1. The van der Waals surface area contributed by atoms with E-state index < -0.39 is 0 Å². The number of hydrogen-bond acceptors (Lipinski definition) is 6. The highest BCUT2D eigenvalue weighted by molar-refractivity contribution is 5.79. The van der Waals surface area contributed by atoms with Crippen LogP contribution in [0.15, 0.2) is 33.6 Å². The molecule has 7 heteroatoms. The Kier molecular flexibility index (Phi) is 3.73. The van der Waals surface area contributed by atoms with Gasteiger partial charge in [-0.05, 0) is 31.0 Å². The van der Waals surface area contributed by atoms with Crippen LogP contribution in [0.5, 0.6) is 11.5 Å². The van der Waals surface area contributed by atoms with Gasteiger partial charge in [0.25, 0.3) is 5.56 Å². The van der Waals surface area contributed by atoms with Gasteiger partial charge in [-0.2, -0.15) is 5.26 Å². The minimum absolute atomic E-state index is 0.0524. The van der Waals surface area contributed by atoms with Crippen LogP contribution in [0, 0.1) is 11.3 Å². The van der Waals surface area contributed by atoms with Gasteiger partial charge < -0.3 is 19.0 Å². The van der Waals surface area contributed by atoms with Crippen molar-refractivity contribution in [1.29, 1.82) is 5.26 Å². The average molecular weight is 349 g/mol. The molecule has 1 N–H and O–H groups in total. The molecule has 0 bridgehead atoms. The molecule has 26 heavy (non-hydrogen) atoms. The van der Waals surface area contributed by atoms with Gasteiger partial charge >= 0.3 is 0 Å². The Balaban J connectivity index is 1.88. The first kappa shape index (κ1) is 16.0. The van der Waals surface area contributed by atoms with E-state index in [1.54, 1.807) is 26.4 Å². The molecule has 0 atom stereocenters. The van der Waals surface area contributed by atoms with Crippen molar-refractivity contribution in [2.24, 2.45) is 0 Å². The number of fused-ring (bicyclic) bond motifs is 3. The Morgan fingerprint density at radius 2 is 2.04 bits per heavy atom. The lowest BCUT2D eigenvalue weighted by atomic mass is 9.90. The molecule has 2 heterocycles. The summed E-state index contributed by atoms with van der Waals surface area (Å²) < 4.78 is 16.3. The molecular weight excluding hydrogens is 334 g/mol. The van der Waals surface area contributed by atoms with Crippen LogP contribution in [0.3, 0.4) is 0 Å². The van der Waals surface area contributed by atoms with E-state index in [1.807, 2.05) is 18.2 Å². The highest BCUT2D eigenvalue weighted by Crippen LogP contribution is 2.41. The number of methoxy groups -OCH3 is 2. The quantitative estimate of drug-likeness (QED) is 0.780. The molecule has 0 unspecified atom stereocenters. The van der Waals surface area contributed by atoms with Gasteiger partial charge in [-0.15, -0.1) is 0 Å². The maximum absolute atomic E-state index is 11.9. The summed E-state index contributed by atoms with van der Waals surface area (Å²) in [5.74, 6) is 1.89. The third-order valence-corrected chi connectivity index (χ3v) is 4.56. The lowest BCUT2D eigenvalue weighted by molar-refractivity contribution is 0.394. The third-order valence-electron chi connectivity index (χ3n) is 4.56. The summed E-state index contributed by atoms with van der Waals surface area (Å²) in [6, 6.07) is 8.97. The van der Waals surface area contributed by atoms with Crippen LogP contribution < -0.4 is 15.0 Å². The minimum atomic E-state index is -0.383. The first-order chi connectivity index (χ1) is 12.7. The monoisotopic (exact) mass is 349 g/mol. The molecule has 0 fully saturated rings. The molecule has 1 aromatic carbocycles. The van der Waals surface area contributed by atoms with Crippen LogP contribution in [0.4, 0.5) is 0 Å². The largest absolute Gasteiger partial charge is 0.497 e. The van der Waals surface area contributed by atoms with Gasteiger partial charge in [0.1, 0.15) is 28.8 Å². The fourth-order valence-corrected chi connectivity index (χ4v) is 3.26. The summed E-state index contributed by atoms with van der Waals surface area (Å²) >= 11 is 0. The molecular formula is C19H15N3O4. The van der Waals surface area contributed by atoms with Gasteiger partial charge in [0.05, 0.1) is 14.2 Å². The predicted octanol–water partition coefficient (Wildman–Crippen LogP) is 2.68. The maximum atomic E-state index is 11.9. The first-order valence-electron chi connectivity index (χ1n) is 8.04. The first-order valence-corrected chi connectivity index (χ1v) is 8.04. The smallest absolute Gasteiger partial charge is 0.266 e. The number of hydrogen-bond donors (Lipinski definition) is 1. The molecule has 7 nitrogen and oxygen atoms in total. The number of nitrogens with one attached hydrogen (secondary N) is 1. The van der Waals surface area contributed by atoms with Crippen molar-refractivity contribution in [1.82, 2.24) is 10.1 Å². The van der Waals surface area contributed by atoms with Crippen LogP contribution >= 0.6 is 0 Å². The van der Waals surface area contributed by atoms with Crippen molar-refractivity contribution in [3.05, 3.63) is 51.4 Å². The van der Waals surface area contributed by atoms with Crippen molar-refractivity contribution in [2.45, 2.75) is 12.8 Å². The molecule has 0 saturated carbocycles. The van der Waals surface area contributed by atoms with Crippen molar-refractivity contribution >= 4 is 0 Å². The van der Waals surface area contributed by atoms with Crippen LogP contribution in [0.2, 0.25) is 0 Å². The Bertz CT molecular complexity index is 1100. The second-order valence-corrected chi connectivity index (χ2v) is 5.92. The molecule has 0 spiro atoms. The Labute approximate surface area is 148 Å². The van der Waals surface area contributed by atoms with E-state index in [-0.39, 0.29) is 11.1 Å². The summed E-state index contributed by atoms with van der Waals surface area (Å²) in [6.07, 6.45) is 1.30. The number of aromatic nitrogens is 2. The zero-order chi connectivity index (χ0) is 18.3. The standard InChI is InChI=1S/C19H15N3O4/c1-24-11-3-4-12(16(8-11)25-2)17-13-5-6-15-14(18(13)26-22-17)7-10(9-20)19(23)21-15/h3-4,7-8H,5-6H2,1-2H3,(H,21,23). The summed E-state index contributed by atoms with van der Waals surface area (Å²) in [4.78, 5) is 14.6. The molecule has 0 saturated heterocycles. The van der Waals surface area contributed by atoms with E-state index in [9.17, 15) is 4.79 Å². The molecule has 2 aromatic heterocycles. The number of nitriles is 1. The molecule has 0 radical (unpaired) electrons. The van der Waals surface area contributed by atoms with E-state index in [4.69, 9.17) is 19.3 Å². The molecule has 4 rings (SSSR count). The van der Waals surface area contributed by atoms with Gasteiger partial charge in [0.15, 0.2) is 5.76 Å². The van der Waals surface area contributed by atoms with Gasteiger partial charge in [0, 0.05) is 28.5 Å². The van der Waals surface area contributed by atoms with E-state index in [2.05, 4.69) is 10.1 Å². The van der Waals surface area contributed by atoms with Crippen LogP contribution in [-0.2, 0) is 12.8 Å². The van der Waals surface area contributed by atoms with Crippen molar-refractivity contribution in [3.63, 3.8) is 0 Å². The number of nitrogens with zero attached hydrogens (tertiary/aromatic N) is 2. The summed E-state index contributed by atoms with van der Waals surface area (Å²) in [6.45, 7) is 0. The number of benzene rings is 1. The van der Waals surface area contributed by atoms with E-state index >= 15 is 0 Å². The van der Waals surface area contributed by atoms with Gasteiger partial charge in [-0.25, -0.2) is 0 Å². The van der Waals surface area contributed by atoms with Crippen LogP contribution in [0.1, 0.15) is 16.8 Å². The van der Waals surface area contributed by atoms with Gasteiger partial charge in [-0.1, -0.05) is 5.16 Å². The molecule has 130 valence electrons. The lowest BCUT2D eigenvalue weighted by Crippen LogP contribution is -2.16. The Hall–Kier alpha value is -3.53. The van der Waals surface area contributed by atoms with Gasteiger partial charge in [0.2, 0.25) is 0 Å². The van der Waals surface area contributed by atoms with Crippen molar-refractivity contribution < 1.29 is 14.0 Å². The number of pyridine rings is 1. The fourth-order valence-electron chi connectivity index (χ4n) is 3.26. The number of aromatic amines is 1. The molecule has 3 aromatic rings. The molecule has 1 aliphatic rings. The van der Waals surface area contributed by atoms with Crippen LogP contribution in [-0.4, -0.2) is 24.4 Å². The topological polar surface area (TPSA) is 101 Å². The number of aryl methyl sites for hydroxylation is 1. The average Bonchev–Trinajstić information content (AvgIpc) is 3.11. The third kappa shape index (κ3) is 2.35. The molecule has 0 aliphatic heterocycles. The highest BCUT2D eigenvalue weighted by atomic mass is 16.5. The molecule has 1 aliphatic carbocycles. The SMILES string of the molecule is COc1ccc(-c2noc3c2CCc2[nH]c(=O)c(C#N)cc2-3)c(OC)c1. The Morgan fingerprint density at radius 1 is 1.19 bits per heavy atom. The lowest BCUT2D eigenvalue weighted by Gasteiger charge is -2.15.